The second-order valence-electron chi connectivity index (χ2n) is 11.8. The Morgan fingerprint density at radius 3 is 1.11 bits per heavy atom. The molecule has 9 aromatic carbocycles. The molecule has 0 saturated carbocycles. The van der Waals surface area contributed by atoms with E-state index in [4.69, 9.17) is 0 Å². The number of hydrogen-bond donors (Lipinski definition) is 0. The molecule has 0 radical (unpaired) electrons. The largest absolute Gasteiger partial charge is 0.0616 e. The van der Waals surface area contributed by atoms with Crippen LogP contribution in [-0.4, -0.2) is 0 Å². The highest BCUT2D eigenvalue weighted by molar-refractivity contribution is 6.25. The molecule has 9 rings (SSSR count). The predicted molar refractivity (Wildman–Crippen MR) is 190 cm³/mol. The zero-order chi connectivity index (χ0) is 29.0. The summed E-state index contributed by atoms with van der Waals surface area (Å²) >= 11 is 0. The Hall–Kier alpha value is -5.72. The molecular weight excluding hydrogens is 528 g/mol. The Kier molecular flexibility index (Phi) is 5.61. The summed E-state index contributed by atoms with van der Waals surface area (Å²) in [4.78, 5) is 0. The Bertz CT molecular complexity index is 2520. The minimum Gasteiger partial charge on any atom is -0.0616 e. The van der Waals surface area contributed by atoms with Crippen molar-refractivity contribution in [2.45, 2.75) is 0 Å². The highest BCUT2D eigenvalue weighted by atomic mass is 14.1. The van der Waals surface area contributed by atoms with Crippen LogP contribution in [-0.2, 0) is 0 Å². The van der Waals surface area contributed by atoms with Gasteiger partial charge in [0.15, 0.2) is 0 Å². The van der Waals surface area contributed by atoms with Gasteiger partial charge in [-0.1, -0.05) is 140 Å². The summed E-state index contributed by atoms with van der Waals surface area (Å²) in [6.45, 7) is 0. The van der Waals surface area contributed by atoms with E-state index in [1.807, 2.05) is 0 Å². The Labute approximate surface area is 256 Å². The molecule has 9 aromatic rings. The van der Waals surface area contributed by atoms with E-state index in [0.29, 0.717) is 0 Å². The number of benzene rings is 9. The summed E-state index contributed by atoms with van der Waals surface area (Å²) < 4.78 is 0. The second kappa shape index (κ2) is 9.93. The molecule has 0 bridgehead atoms. The van der Waals surface area contributed by atoms with Crippen LogP contribution in [0.5, 0.6) is 0 Å². The molecule has 0 spiro atoms. The fraction of sp³-hybridized carbons (Fsp3) is 0. The van der Waals surface area contributed by atoms with Gasteiger partial charge in [0, 0.05) is 0 Å². The number of rotatable bonds is 3. The smallest absolute Gasteiger partial charge is 0.00928 e. The maximum atomic E-state index is 2.37. The molecule has 0 aliphatic heterocycles. The third-order valence-corrected chi connectivity index (χ3v) is 9.20. The first kappa shape index (κ1) is 24.8. The molecule has 0 aliphatic rings. The molecule has 0 heterocycles. The number of hydrogen-bond acceptors (Lipinski definition) is 0. The molecule has 0 atom stereocenters. The minimum atomic E-state index is 1.23. The van der Waals surface area contributed by atoms with Gasteiger partial charge in [-0.15, -0.1) is 0 Å². The summed E-state index contributed by atoms with van der Waals surface area (Å²) in [6, 6.07) is 62.4. The van der Waals surface area contributed by atoms with Crippen molar-refractivity contribution in [2.75, 3.05) is 0 Å². The summed E-state index contributed by atoms with van der Waals surface area (Å²) in [6.07, 6.45) is 0. The summed E-state index contributed by atoms with van der Waals surface area (Å²) in [5, 5.41) is 12.9. The van der Waals surface area contributed by atoms with Crippen molar-refractivity contribution in [3.05, 3.63) is 170 Å². The van der Waals surface area contributed by atoms with E-state index in [1.54, 1.807) is 0 Å². The molecule has 0 unspecified atom stereocenters. The van der Waals surface area contributed by atoms with Gasteiger partial charge < -0.3 is 0 Å². The van der Waals surface area contributed by atoms with E-state index in [9.17, 15) is 0 Å². The Morgan fingerprint density at radius 1 is 0.182 bits per heavy atom. The molecule has 0 fully saturated rings. The molecule has 0 saturated heterocycles. The zero-order valence-electron chi connectivity index (χ0n) is 24.2. The quantitative estimate of drug-likeness (QED) is 0.190. The lowest BCUT2D eigenvalue weighted by Crippen LogP contribution is -1.86. The van der Waals surface area contributed by atoms with Crippen molar-refractivity contribution in [1.29, 1.82) is 0 Å². The fourth-order valence-electron chi connectivity index (χ4n) is 6.94. The van der Waals surface area contributed by atoms with Crippen molar-refractivity contribution < 1.29 is 0 Å². The van der Waals surface area contributed by atoms with Crippen molar-refractivity contribution in [3.8, 4) is 33.4 Å². The van der Waals surface area contributed by atoms with E-state index < -0.39 is 0 Å². The van der Waals surface area contributed by atoms with Gasteiger partial charge in [0.25, 0.3) is 0 Å². The van der Waals surface area contributed by atoms with Gasteiger partial charge in [-0.25, -0.2) is 0 Å². The first-order valence-corrected chi connectivity index (χ1v) is 15.3. The molecular formula is C44H28. The fourth-order valence-corrected chi connectivity index (χ4v) is 6.94. The topological polar surface area (TPSA) is 0 Å². The van der Waals surface area contributed by atoms with E-state index >= 15 is 0 Å². The van der Waals surface area contributed by atoms with Crippen molar-refractivity contribution in [2.24, 2.45) is 0 Å². The summed E-state index contributed by atoms with van der Waals surface area (Å²) in [5.41, 5.74) is 7.42. The van der Waals surface area contributed by atoms with E-state index in [0.717, 1.165) is 0 Å². The average molecular weight is 557 g/mol. The highest BCUT2D eigenvalue weighted by Gasteiger charge is 2.10. The minimum absolute atomic E-state index is 1.23. The predicted octanol–water partition coefficient (Wildman–Crippen LogP) is 12.5. The molecule has 0 N–H and O–H groups in total. The lowest BCUT2D eigenvalue weighted by atomic mass is 9.91. The van der Waals surface area contributed by atoms with Crippen LogP contribution in [0, 0.1) is 0 Å². The van der Waals surface area contributed by atoms with E-state index in [1.165, 1.54) is 87.2 Å². The Morgan fingerprint density at radius 2 is 0.545 bits per heavy atom. The molecule has 0 amide bonds. The van der Waals surface area contributed by atoms with Crippen LogP contribution in [0.3, 0.4) is 0 Å². The molecule has 0 heteroatoms. The SMILES string of the molecule is c1cc(-c2ccc3cc(-c4ccc5ccccc5c4)ccc3c2)cc(-c2ccc3c4ccccc4c4ccccc4c3c2)c1. The molecule has 44 heavy (non-hydrogen) atoms. The van der Waals surface area contributed by atoms with Gasteiger partial charge in [-0.3, -0.25) is 0 Å². The van der Waals surface area contributed by atoms with Crippen LogP contribution in [0.4, 0.5) is 0 Å². The first-order chi connectivity index (χ1) is 21.8. The van der Waals surface area contributed by atoms with Crippen LogP contribution in [0.2, 0.25) is 0 Å². The van der Waals surface area contributed by atoms with Crippen molar-refractivity contribution in [1.82, 2.24) is 0 Å². The van der Waals surface area contributed by atoms with Crippen LogP contribution in [0.25, 0.3) is 87.2 Å². The lowest BCUT2D eigenvalue weighted by Gasteiger charge is -2.13. The molecule has 0 aliphatic carbocycles. The molecule has 204 valence electrons. The van der Waals surface area contributed by atoms with Crippen LogP contribution >= 0.6 is 0 Å². The molecule has 0 nitrogen and oxygen atoms in total. The number of fused-ring (bicyclic) bond motifs is 8. The van der Waals surface area contributed by atoms with Gasteiger partial charge in [-0.2, -0.15) is 0 Å². The maximum absolute atomic E-state index is 2.37. The normalized spacial score (nSPS) is 11.6. The molecule has 0 aromatic heterocycles. The van der Waals surface area contributed by atoms with E-state index in [-0.39, 0.29) is 0 Å². The maximum Gasteiger partial charge on any atom is -0.00928 e. The van der Waals surface area contributed by atoms with Gasteiger partial charge in [0.05, 0.1) is 0 Å². The van der Waals surface area contributed by atoms with Crippen molar-refractivity contribution in [3.63, 3.8) is 0 Å². The average Bonchev–Trinajstić information content (AvgIpc) is 3.11. The van der Waals surface area contributed by atoms with Crippen LogP contribution in [0.1, 0.15) is 0 Å². The third kappa shape index (κ3) is 4.07. The summed E-state index contributed by atoms with van der Waals surface area (Å²) in [5.74, 6) is 0. The van der Waals surface area contributed by atoms with Crippen molar-refractivity contribution >= 4 is 53.9 Å². The monoisotopic (exact) mass is 556 g/mol. The summed E-state index contributed by atoms with van der Waals surface area (Å²) in [7, 11) is 0. The lowest BCUT2D eigenvalue weighted by molar-refractivity contribution is 1.61. The van der Waals surface area contributed by atoms with E-state index in [2.05, 4.69) is 170 Å². The highest BCUT2D eigenvalue weighted by Crippen LogP contribution is 2.38. The van der Waals surface area contributed by atoms with Gasteiger partial charge in [-0.05, 0) is 118 Å². The van der Waals surface area contributed by atoms with Gasteiger partial charge >= 0.3 is 0 Å². The van der Waals surface area contributed by atoms with Crippen LogP contribution < -0.4 is 0 Å². The standard InChI is InChI=1S/C44H28/c1-2-9-30-24-34(17-16-29(30)8-1)36-21-20-35-26-33(18-19-37(35)27-36)31-10-7-11-32(25-31)38-22-23-43-41-14-4-3-12-39(41)40-13-5-6-15-42(40)44(43)28-38/h1-28H. The second-order valence-corrected chi connectivity index (χ2v) is 11.8. The third-order valence-electron chi connectivity index (χ3n) is 9.20. The van der Waals surface area contributed by atoms with Gasteiger partial charge in [0.1, 0.15) is 0 Å². The Balaban J connectivity index is 1.10. The first-order valence-electron chi connectivity index (χ1n) is 15.3. The van der Waals surface area contributed by atoms with Crippen LogP contribution in [0.15, 0.2) is 170 Å². The zero-order valence-corrected chi connectivity index (χ0v) is 24.2. The van der Waals surface area contributed by atoms with Gasteiger partial charge in [0.2, 0.25) is 0 Å².